The summed E-state index contributed by atoms with van der Waals surface area (Å²) in [4.78, 5) is 12.2. The van der Waals surface area contributed by atoms with Crippen molar-refractivity contribution in [1.82, 2.24) is 0 Å². The van der Waals surface area contributed by atoms with Gasteiger partial charge in [-0.2, -0.15) is 24.1 Å². The zero-order chi connectivity index (χ0) is 15.9. The third kappa shape index (κ3) is 5.70. The summed E-state index contributed by atoms with van der Waals surface area (Å²) < 4.78 is 4.97. The van der Waals surface area contributed by atoms with E-state index in [9.17, 15) is 4.79 Å². The van der Waals surface area contributed by atoms with Gasteiger partial charge in [0.15, 0.2) is 0 Å². The van der Waals surface area contributed by atoms with E-state index in [2.05, 4.69) is 18.7 Å². The minimum Gasteiger partial charge on any atom is -0.469 e. The molecule has 129 valence electrons. The van der Waals surface area contributed by atoms with Crippen molar-refractivity contribution < 1.29 is 46.4 Å². The fourth-order valence-corrected chi connectivity index (χ4v) is 2.74. The van der Waals surface area contributed by atoms with Crippen molar-refractivity contribution in [3.05, 3.63) is 77.7 Å². The summed E-state index contributed by atoms with van der Waals surface area (Å²) in [6.45, 7) is 3.88. The van der Waals surface area contributed by atoms with E-state index in [1.807, 2.05) is 30.7 Å². The number of ether oxygens (including phenoxy) is 1. The molecule has 1 aromatic carbocycles. The van der Waals surface area contributed by atoms with Crippen LogP contribution in [0.5, 0.6) is 0 Å². The van der Waals surface area contributed by atoms with Gasteiger partial charge in [-0.25, -0.2) is 11.6 Å². The van der Waals surface area contributed by atoms with Gasteiger partial charge in [0.05, 0.1) is 7.11 Å². The molecule has 0 aromatic heterocycles. The summed E-state index contributed by atoms with van der Waals surface area (Å²) in [7, 11) is 1.40. The van der Waals surface area contributed by atoms with E-state index in [4.69, 9.17) is 16.3 Å². The third-order valence-electron chi connectivity index (χ3n) is 3.64. The Kier molecular flexibility index (Phi) is 9.05. The summed E-state index contributed by atoms with van der Waals surface area (Å²) >= 11 is 6.02. The molecule has 0 saturated heterocycles. The van der Waals surface area contributed by atoms with Crippen LogP contribution in [0.1, 0.15) is 18.4 Å². The third-order valence-corrected chi connectivity index (χ3v) is 3.87. The first-order chi connectivity index (χ1) is 10.7. The summed E-state index contributed by atoms with van der Waals surface area (Å²) in [5.41, 5.74) is 1.87. The number of hydrogen-bond donors (Lipinski definition) is 0. The number of hydrogen-bond acceptors (Lipinski definition) is 2. The number of carbonyl (C=O) groups is 1. The van der Waals surface area contributed by atoms with E-state index in [-0.39, 0.29) is 48.8 Å². The van der Waals surface area contributed by atoms with Crippen LogP contribution < -0.4 is 0 Å². The first-order valence-corrected chi connectivity index (χ1v) is 7.62. The number of benzene rings is 1. The second-order valence-electron chi connectivity index (χ2n) is 5.12. The van der Waals surface area contributed by atoms with Crippen LogP contribution in [0.25, 0.3) is 0 Å². The molecular formula is C19H19ClO2Tm-2. The number of carbonyl (C=O) groups excluding carboxylic acids is 1. The van der Waals surface area contributed by atoms with E-state index >= 15 is 0 Å². The standard InChI is InChI=1S/C19H19ClO2.Tm/c1-3-17(15-9-5-4-6-10-15)18(19(21)22-2)13-14-8-7-11-16(20)12-14;/h3,5,7-8,10-13,17-18H,1,4,6H2,2H3;/q-2;/t17-,18+;/m1./s1. The zero-order valence-corrected chi connectivity index (χ0v) is 15.4. The first-order valence-electron chi connectivity index (χ1n) is 7.24. The number of rotatable bonds is 6. The molecule has 0 saturated carbocycles. The van der Waals surface area contributed by atoms with Gasteiger partial charge in [-0.05, 0) is 10.9 Å². The Bertz CT molecular complexity index is 607. The van der Waals surface area contributed by atoms with Crippen molar-refractivity contribution in [3.8, 4) is 0 Å². The maximum Gasteiger partial charge on any atom is 0.301 e. The van der Waals surface area contributed by atoms with Crippen LogP contribution in [-0.4, -0.2) is 13.1 Å². The quantitative estimate of drug-likeness (QED) is 0.337. The fourth-order valence-electron chi connectivity index (χ4n) is 2.54. The largest absolute Gasteiger partial charge is 0.469 e. The van der Waals surface area contributed by atoms with Gasteiger partial charge in [0, 0.05) is 42.8 Å². The Morgan fingerprint density at radius 3 is 2.83 bits per heavy atom. The maximum absolute atomic E-state index is 12.2. The van der Waals surface area contributed by atoms with Gasteiger partial charge in [-0.15, -0.1) is 18.7 Å². The van der Waals surface area contributed by atoms with Crippen molar-refractivity contribution >= 4 is 17.6 Å². The van der Waals surface area contributed by atoms with Crippen LogP contribution in [0.2, 0.25) is 5.02 Å². The zero-order valence-electron chi connectivity index (χ0n) is 12.9. The Hall–Kier alpha value is -0.696. The molecule has 0 N–H and O–H groups in total. The molecule has 0 aliphatic heterocycles. The molecule has 1 aliphatic carbocycles. The Morgan fingerprint density at radius 1 is 1.48 bits per heavy atom. The van der Waals surface area contributed by atoms with Crippen molar-refractivity contribution in [1.29, 1.82) is 0 Å². The second-order valence-corrected chi connectivity index (χ2v) is 5.55. The number of allylic oxidation sites excluding steroid dienone is 5. The first kappa shape index (κ1) is 20.3. The smallest absolute Gasteiger partial charge is 0.301 e. The molecular weight excluding hydrogens is 465 g/mol. The number of esters is 1. The van der Waals surface area contributed by atoms with Crippen molar-refractivity contribution in [2.45, 2.75) is 12.8 Å². The number of methoxy groups -OCH3 is 1. The van der Waals surface area contributed by atoms with Crippen LogP contribution in [-0.2, 0) is 9.53 Å². The second kappa shape index (κ2) is 10.2. The molecule has 4 heteroatoms. The molecule has 0 bridgehead atoms. The predicted octanol–water partition coefficient (Wildman–Crippen LogP) is 4.56. The van der Waals surface area contributed by atoms with E-state index in [0.29, 0.717) is 5.02 Å². The molecule has 0 spiro atoms. The SMILES string of the molecule is C=C[C@H](C1=CCCC=[C-]1)[C@H]([CH-]c1cccc(Cl)c1)C(=O)OC.[Tm]. The Balaban J connectivity index is 0.00000264. The van der Waals surface area contributed by atoms with Gasteiger partial charge < -0.3 is 4.74 Å². The predicted molar refractivity (Wildman–Crippen MR) is 89.2 cm³/mol. The van der Waals surface area contributed by atoms with Crippen molar-refractivity contribution in [3.63, 3.8) is 0 Å². The molecule has 0 unspecified atom stereocenters. The van der Waals surface area contributed by atoms with Crippen LogP contribution in [0.4, 0.5) is 0 Å². The maximum atomic E-state index is 12.2. The molecule has 23 heavy (non-hydrogen) atoms. The average Bonchev–Trinajstić information content (AvgIpc) is 2.55. The van der Waals surface area contributed by atoms with E-state index in [1.165, 1.54) is 7.11 Å². The topological polar surface area (TPSA) is 26.3 Å². The monoisotopic (exact) mass is 483 g/mol. The summed E-state index contributed by atoms with van der Waals surface area (Å²) in [5.74, 6) is -0.910. The molecule has 2 atom stereocenters. The molecule has 0 amide bonds. The molecule has 1 aromatic rings. The van der Waals surface area contributed by atoms with Gasteiger partial charge in [-0.3, -0.25) is 10.9 Å². The normalized spacial score (nSPS) is 15.7. The van der Waals surface area contributed by atoms with E-state index in [1.54, 1.807) is 12.1 Å². The van der Waals surface area contributed by atoms with Crippen molar-refractivity contribution in [2.75, 3.05) is 7.11 Å². The Morgan fingerprint density at radius 2 is 2.26 bits per heavy atom. The van der Waals surface area contributed by atoms with Crippen LogP contribution >= 0.6 is 11.6 Å². The van der Waals surface area contributed by atoms with Gasteiger partial charge >= 0.3 is 5.97 Å². The minimum absolute atomic E-state index is 0. The summed E-state index contributed by atoms with van der Waals surface area (Å²) in [5, 5.41) is 0.635. The summed E-state index contributed by atoms with van der Waals surface area (Å²) in [6.07, 6.45) is 12.9. The molecule has 0 fully saturated rings. The molecule has 0 heterocycles. The van der Waals surface area contributed by atoms with Crippen molar-refractivity contribution in [2.24, 2.45) is 11.8 Å². The van der Waals surface area contributed by atoms with Gasteiger partial charge in [0.1, 0.15) is 0 Å². The van der Waals surface area contributed by atoms with Crippen LogP contribution in [0, 0.1) is 61.2 Å². The van der Waals surface area contributed by atoms with E-state index < -0.39 is 5.92 Å². The fraction of sp³-hybridized carbons (Fsp3) is 0.263. The minimum atomic E-state index is -0.453. The molecule has 1 aliphatic rings. The molecule has 1 radical (unpaired) electrons. The van der Waals surface area contributed by atoms with Crippen LogP contribution in [0.15, 0.2) is 54.6 Å². The van der Waals surface area contributed by atoms with Gasteiger partial charge in [-0.1, -0.05) is 36.6 Å². The van der Waals surface area contributed by atoms with E-state index in [0.717, 1.165) is 24.0 Å². The molecule has 2 nitrogen and oxygen atoms in total. The molecule has 2 rings (SSSR count). The van der Waals surface area contributed by atoms with Crippen LogP contribution in [0.3, 0.4) is 0 Å². The van der Waals surface area contributed by atoms with Gasteiger partial charge in [0.2, 0.25) is 0 Å². The summed E-state index contributed by atoms with van der Waals surface area (Å²) in [6, 6.07) is 7.40. The number of halogens is 1. The van der Waals surface area contributed by atoms with Gasteiger partial charge in [0.25, 0.3) is 0 Å². The Labute approximate surface area is 172 Å². The average molecular weight is 484 g/mol.